The van der Waals surface area contributed by atoms with Gasteiger partial charge >= 0.3 is 31.3 Å². The van der Waals surface area contributed by atoms with Crippen molar-refractivity contribution in [1.82, 2.24) is 4.90 Å². The monoisotopic (exact) mass is 497 g/mol. The van der Waals surface area contributed by atoms with Crippen molar-refractivity contribution >= 4 is 20.2 Å². The van der Waals surface area contributed by atoms with Gasteiger partial charge < -0.3 is 13.3 Å². The van der Waals surface area contributed by atoms with Crippen LogP contribution in [0.3, 0.4) is 0 Å². The van der Waals surface area contributed by atoms with Crippen LogP contribution in [0.15, 0.2) is 12.1 Å². The van der Waals surface area contributed by atoms with Gasteiger partial charge in [0.1, 0.15) is 11.5 Å². The van der Waals surface area contributed by atoms with Gasteiger partial charge in [0.05, 0.1) is 0 Å². The SMILES string of the molecule is CN1CCC2(CC1)Cc1c(OS(=O)(=O)C(F)(F)F)ccc(OS(=O)(=O)C(F)(F)F)c1C2. The predicted octanol–water partition coefficient (Wildman–Crippen LogP) is 2.95. The normalized spacial score (nSPS) is 20.0. The van der Waals surface area contributed by atoms with Crippen molar-refractivity contribution in [3.05, 3.63) is 23.3 Å². The summed E-state index contributed by atoms with van der Waals surface area (Å²) in [6, 6.07) is 1.33. The van der Waals surface area contributed by atoms with Gasteiger partial charge in [-0.15, -0.1) is 0 Å². The highest BCUT2D eigenvalue weighted by atomic mass is 32.2. The zero-order valence-corrected chi connectivity index (χ0v) is 17.5. The van der Waals surface area contributed by atoms with Crippen molar-refractivity contribution in [2.75, 3.05) is 20.1 Å². The topological polar surface area (TPSA) is 90.0 Å². The average molecular weight is 497 g/mol. The Morgan fingerprint density at radius 2 is 1.16 bits per heavy atom. The number of piperidine rings is 1. The van der Waals surface area contributed by atoms with Crippen LogP contribution >= 0.6 is 0 Å². The molecule has 176 valence electrons. The largest absolute Gasteiger partial charge is 0.534 e. The quantitative estimate of drug-likeness (QED) is 0.359. The summed E-state index contributed by atoms with van der Waals surface area (Å²) in [4.78, 5) is 1.98. The molecule has 0 atom stereocenters. The molecule has 0 aromatic heterocycles. The second-order valence-electron chi connectivity index (χ2n) is 7.64. The number of alkyl halides is 6. The fourth-order valence-electron chi connectivity index (χ4n) is 3.78. The Balaban J connectivity index is 2.06. The van der Waals surface area contributed by atoms with Gasteiger partial charge in [0.2, 0.25) is 0 Å². The van der Waals surface area contributed by atoms with E-state index < -0.39 is 48.2 Å². The van der Waals surface area contributed by atoms with Crippen molar-refractivity contribution in [3.63, 3.8) is 0 Å². The molecule has 1 aromatic rings. The fraction of sp³-hybridized carbons (Fsp3) is 0.625. The second kappa shape index (κ2) is 7.40. The predicted molar refractivity (Wildman–Crippen MR) is 94.2 cm³/mol. The maximum absolute atomic E-state index is 12.7. The molecule has 31 heavy (non-hydrogen) atoms. The third-order valence-corrected chi connectivity index (χ3v) is 7.39. The molecule has 0 saturated carbocycles. The highest BCUT2D eigenvalue weighted by Gasteiger charge is 2.51. The Labute approximate surface area is 174 Å². The van der Waals surface area contributed by atoms with Crippen LogP contribution in [0.25, 0.3) is 0 Å². The van der Waals surface area contributed by atoms with Gasteiger partial charge in [-0.3, -0.25) is 0 Å². The Morgan fingerprint density at radius 3 is 1.48 bits per heavy atom. The molecule has 0 unspecified atom stereocenters. The highest BCUT2D eigenvalue weighted by Crippen LogP contribution is 2.51. The van der Waals surface area contributed by atoms with Gasteiger partial charge in [-0.1, -0.05) is 0 Å². The number of rotatable bonds is 4. The van der Waals surface area contributed by atoms with E-state index in [1.165, 1.54) is 0 Å². The molecule has 2 aliphatic rings. The smallest absolute Gasteiger partial charge is 0.376 e. The minimum absolute atomic E-state index is 0.00213. The Kier molecular flexibility index (Phi) is 5.71. The van der Waals surface area contributed by atoms with Gasteiger partial charge in [0.25, 0.3) is 0 Å². The first kappa shape index (κ1) is 23.9. The number of fused-ring (bicyclic) bond motifs is 1. The van der Waals surface area contributed by atoms with E-state index in [1.54, 1.807) is 0 Å². The van der Waals surface area contributed by atoms with E-state index in [0.717, 1.165) is 0 Å². The summed E-state index contributed by atoms with van der Waals surface area (Å²) in [7, 11) is -10.2. The van der Waals surface area contributed by atoms with E-state index in [0.29, 0.717) is 38.1 Å². The molecule has 1 aromatic carbocycles. The molecule has 0 amide bonds. The molecule has 15 heteroatoms. The van der Waals surface area contributed by atoms with Crippen molar-refractivity contribution < 1.29 is 51.5 Å². The number of likely N-dealkylation sites (tertiary alicyclic amines) is 1. The van der Waals surface area contributed by atoms with Crippen LogP contribution in [0.5, 0.6) is 11.5 Å². The Bertz CT molecular complexity index is 996. The number of nitrogens with zero attached hydrogens (tertiary/aromatic N) is 1. The maximum Gasteiger partial charge on any atom is 0.534 e. The van der Waals surface area contributed by atoms with Crippen molar-refractivity contribution in [2.24, 2.45) is 5.41 Å². The lowest BCUT2D eigenvalue weighted by atomic mass is 9.76. The third-order valence-electron chi connectivity index (χ3n) is 5.46. The molecule has 0 N–H and O–H groups in total. The summed E-state index contributed by atoms with van der Waals surface area (Å²) < 4.78 is 131. The van der Waals surface area contributed by atoms with Gasteiger partial charge in [0.15, 0.2) is 0 Å². The average Bonchev–Trinajstić information content (AvgIpc) is 2.98. The van der Waals surface area contributed by atoms with Gasteiger partial charge in [-0.05, 0) is 63.4 Å². The van der Waals surface area contributed by atoms with E-state index in [9.17, 15) is 43.2 Å². The van der Waals surface area contributed by atoms with Crippen molar-refractivity contribution in [2.45, 2.75) is 36.7 Å². The van der Waals surface area contributed by atoms with Crippen LogP contribution in [0.2, 0.25) is 0 Å². The lowest BCUT2D eigenvalue weighted by Crippen LogP contribution is -2.38. The number of benzene rings is 1. The first-order valence-corrected chi connectivity index (χ1v) is 11.6. The minimum atomic E-state index is -6.04. The van der Waals surface area contributed by atoms with E-state index in [2.05, 4.69) is 8.37 Å². The number of hydrogen-bond acceptors (Lipinski definition) is 7. The molecule has 3 rings (SSSR count). The first-order chi connectivity index (χ1) is 14.0. The molecule has 1 aliphatic carbocycles. The highest BCUT2D eigenvalue weighted by molar-refractivity contribution is 7.88. The lowest BCUT2D eigenvalue weighted by Gasteiger charge is -2.37. The molecule has 1 saturated heterocycles. The lowest BCUT2D eigenvalue weighted by molar-refractivity contribution is -0.0506. The first-order valence-electron chi connectivity index (χ1n) is 8.81. The van der Waals surface area contributed by atoms with Crippen LogP contribution in [-0.2, 0) is 33.1 Å². The van der Waals surface area contributed by atoms with E-state index >= 15 is 0 Å². The zero-order chi connectivity index (χ0) is 23.5. The van der Waals surface area contributed by atoms with Crippen molar-refractivity contribution in [1.29, 1.82) is 0 Å². The van der Waals surface area contributed by atoms with Crippen LogP contribution in [0, 0.1) is 5.41 Å². The molecule has 0 bridgehead atoms. The van der Waals surface area contributed by atoms with Gasteiger partial charge in [-0.2, -0.15) is 43.2 Å². The summed E-state index contributed by atoms with van der Waals surface area (Å²) in [6.07, 6.45) is 1.02. The molecular formula is C16H17F6NO6S2. The molecule has 0 radical (unpaired) electrons. The second-order valence-corrected chi connectivity index (χ2v) is 10.7. The van der Waals surface area contributed by atoms with Gasteiger partial charge in [0, 0.05) is 11.1 Å². The van der Waals surface area contributed by atoms with Crippen LogP contribution in [0.1, 0.15) is 24.0 Å². The van der Waals surface area contributed by atoms with Gasteiger partial charge in [-0.25, -0.2) is 0 Å². The summed E-state index contributed by atoms with van der Waals surface area (Å²) >= 11 is 0. The summed E-state index contributed by atoms with van der Waals surface area (Å²) in [5.41, 5.74) is -12.3. The van der Waals surface area contributed by atoms with Crippen LogP contribution in [-0.4, -0.2) is 52.9 Å². The molecule has 1 aliphatic heterocycles. The number of hydrogen-bond donors (Lipinski definition) is 0. The molecule has 1 spiro atoms. The van der Waals surface area contributed by atoms with Crippen molar-refractivity contribution in [3.8, 4) is 11.5 Å². The third kappa shape index (κ3) is 4.58. The minimum Gasteiger partial charge on any atom is -0.376 e. The Hall–Kier alpha value is -1.74. The van der Waals surface area contributed by atoms with Crippen LogP contribution < -0.4 is 8.37 Å². The fourth-order valence-corrected chi connectivity index (χ4v) is 4.76. The van der Waals surface area contributed by atoms with E-state index in [1.807, 2.05) is 11.9 Å². The number of halogens is 6. The van der Waals surface area contributed by atoms with E-state index in [4.69, 9.17) is 0 Å². The summed E-state index contributed by atoms with van der Waals surface area (Å²) in [5, 5.41) is 0. The van der Waals surface area contributed by atoms with E-state index in [-0.39, 0.29) is 24.0 Å². The maximum atomic E-state index is 12.7. The zero-order valence-electron chi connectivity index (χ0n) is 15.9. The Morgan fingerprint density at radius 1 is 0.806 bits per heavy atom. The molecule has 7 nitrogen and oxygen atoms in total. The summed E-state index contributed by atoms with van der Waals surface area (Å²) in [5.74, 6) is -1.44. The molecule has 1 fully saturated rings. The summed E-state index contributed by atoms with van der Waals surface area (Å²) in [6.45, 7) is 1.17. The van der Waals surface area contributed by atoms with Crippen LogP contribution in [0.4, 0.5) is 26.3 Å². The standard InChI is InChI=1S/C16H17F6NO6S2/c1-23-6-4-14(5-7-23)8-10-11(9-14)13(29-31(26,27)16(20,21)22)3-2-12(10)28-30(24,25)15(17,18)19/h2-3H,4-9H2,1H3. The molecular weight excluding hydrogens is 480 g/mol. The molecule has 1 heterocycles.